The van der Waals surface area contributed by atoms with E-state index in [1.54, 1.807) is 0 Å². The van der Waals surface area contributed by atoms with Crippen molar-refractivity contribution in [3.05, 3.63) is 0 Å². The molecule has 80 valence electrons. The van der Waals surface area contributed by atoms with Crippen LogP contribution in [0.2, 0.25) is 0 Å². The van der Waals surface area contributed by atoms with E-state index in [0.717, 1.165) is 6.54 Å². The number of unbranched alkanes of at least 4 members (excludes halogenated alkanes) is 4. The van der Waals surface area contributed by atoms with Crippen LogP contribution in [-0.2, 0) is 0 Å². The van der Waals surface area contributed by atoms with Gasteiger partial charge >= 0.3 is 0 Å². The quantitative estimate of drug-likeness (QED) is 0.427. The lowest BCUT2D eigenvalue weighted by molar-refractivity contribution is 0.418. The summed E-state index contributed by atoms with van der Waals surface area (Å²) in [5.41, 5.74) is 0. The first-order valence-corrected chi connectivity index (χ1v) is 5.75. The molecule has 0 aliphatic carbocycles. The van der Waals surface area contributed by atoms with E-state index in [9.17, 15) is 0 Å². The first-order chi connectivity index (χ1) is 6.35. The standard InChI is InChI=1S/C11H26N2/c1-4-6-7-8-9-10-11(12-3)13-5-2/h11-13H,4-10H2,1-3H3. The lowest BCUT2D eigenvalue weighted by Gasteiger charge is -2.16. The average Bonchev–Trinajstić information content (AvgIpc) is 2.16. The van der Waals surface area contributed by atoms with E-state index in [0.29, 0.717) is 6.17 Å². The lowest BCUT2D eigenvalue weighted by atomic mass is 10.1. The summed E-state index contributed by atoms with van der Waals surface area (Å²) >= 11 is 0. The van der Waals surface area contributed by atoms with Gasteiger partial charge in [0.15, 0.2) is 0 Å². The highest BCUT2D eigenvalue weighted by molar-refractivity contribution is 4.60. The van der Waals surface area contributed by atoms with Crippen molar-refractivity contribution in [1.29, 1.82) is 0 Å². The molecule has 0 saturated heterocycles. The molecule has 0 rings (SSSR count). The van der Waals surface area contributed by atoms with Crippen molar-refractivity contribution in [3.8, 4) is 0 Å². The Kier molecular flexibility index (Phi) is 9.94. The highest BCUT2D eigenvalue weighted by Crippen LogP contribution is 2.05. The normalized spacial score (nSPS) is 13.2. The Hall–Kier alpha value is -0.0800. The molecule has 2 N–H and O–H groups in total. The van der Waals surface area contributed by atoms with Crippen LogP contribution in [0.25, 0.3) is 0 Å². The zero-order valence-electron chi connectivity index (χ0n) is 9.53. The summed E-state index contributed by atoms with van der Waals surface area (Å²) in [6.07, 6.45) is 8.64. The number of hydrogen-bond acceptors (Lipinski definition) is 2. The van der Waals surface area contributed by atoms with Crippen molar-refractivity contribution in [1.82, 2.24) is 10.6 Å². The van der Waals surface area contributed by atoms with Gasteiger partial charge in [-0.05, 0) is 20.0 Å². The highest BCUT2D eigenvalue weighted by atomic mass is 15.1. The zero-order valence-corrected chi connectivity index (χ0v) is 9.53. The fourth-order valence-corrected chi connectivity index (χ4v) is 1.55. The van der Waals surface area contributed by atoms with Crippen molar-refractivity contribution in [2.45, 2.75) is 58.5 Å². The smallest absolute Gasteiger partial charge is 0.0569 e. The van der Waals surface area contributed by atoms with E-state index in [1.807, 2.05) is 7.05 Å². The summed E-state index contributed by atoms with van der Waals surface area (Å²) in [7, 11) is 2.03. The molecule has 0 fully saturated rings. The van der Waals surface area contributed by atoms with Crippen LogP contribution in [-0.4, -0.2) is 19.8 Å². The van der Waals surface area contributed by atoms with Crippen molar-refractivity contribution in [2.75, 3.05) is 13.6 Å². The minimum absolute atomic E-state index is 0.520. The van der Waals surface area contributed by atoms with E-state index in [1.165, 1.54) is 38.5 Å². The first kappa shape index (κ1) is 12.9. The molecule has 0 aromatic heterocycles. The van der Waals surface area contributed by atoms with Crippen LogP contribution in [0.1, 0.15) is 52.4 Å². The number of rotatable bonds is 9. The van der Waals surface area contributed by atoms with Crippen LogP contribution in [0.3, 0.4) is 0 Å². The van der Waals surface area contributed by atoms with E-state index < -0.39 is 0 Å². The Balaban J connectivity index is 3.17. The van der Waals surface area contributed by atoms with Crippen molar-refractivity contribution in [3.63, 3.8) is 0 Å². The largest absolute Gasteiger partial charge is 0.305 e. The third kappa shape index (κ3) is 8.26. The van der Waals surface area contributed by atoms with Crippen LogP contribution in [0.5, 0.6) is 0 Å². The molecule has 2 nitrogen and oxygen atoms in total. The maximum absolute atomic E-state index is 3.41. The van der Waals surface area contributed by atoms with Gasteiger partial charge < -0.3 is 10.6 Å². The van der Waals surface area contributed by atoms with Gasteiger partial charge in [-0.3, -0.25) is 0 Å². The van der Waals surface area contributed by atoms with Crippen LogP contribution in [0, 0.1) is 0 Å². The maximum Gasteiger partial charge on any atom is 0.0569 e. The number of nitrogens with one attached hydrogen (secondary N) is 2. The Morgan fingerprint density at radius 3 is 2.23 bits per heavy atom. The Morgan fingerprint density at radius 1 is 1.00 bits per heavy atom. The fourth-order valence-electron chi connectivity index (χ4n) is 1.55. The minimum atomic E-state index is 0.520. The van der Waals surface area contributed by atoms with Gasteiger partial charge in [-0.15, -0.1) is 0 Å². The molecule has 0 bridgehead atoms. The molecule has 0 saturated carbocycles. The molecular weight excluding hydrogens is 160 g/mol. The van der Waals surface area contributed by atoms with Gasteiger partial charge in [0.2, 0.25) is 0 Å². The molecule has 0 aliphatic heterocycles. The average molecular weight is 186 g/mol. The summed E-state index contributed by atoms with van der Waals surface area (Å²) in [5.74, 6) is 0. The molecule has 1 unspecified atom stereocenters. The third-order valence-electron chi connectivity index (χ3n) is 2.40. The van der Waals surface area contributed by atoms with Crippen molar-refractivity contribution < 1.29 is 0 Å². The topological polar surface area (TPSA) is 24.1 Å². The molecule has 0 heterocycles. The summed E-state index contributed by atoms with van der Waals surface area (Å²) in [6, 6.07) is 0. The van der Waals surface area contributed by atoms with Gasteiger partial charge in [0.25, 0.3) is 0 Å². The van der Waals surface area contributed by atoms with Gasteiger partial charge in [0, 0.05) is 0 Å². The third-order valence-corrected chi connectivity index (χ3v) is 2.40. The predicted octanol–water partition coefficient (Wildman–Crippen LogP) is 2.50. The SMILES string of the molecule is CCCCCCCC(NC)NCC. The van der Waals surface area contributed by atoms with Crippen LogP contribution in [0.15, 0.2) is 0 Å². The molecule has 0 radical (unpaired) electrons. The van der Waals surface area contributed by atoms with Gasteiger partial charge in [0.1, 0.15) is 0 Å². The summed E-state index contributed by atoms with van der Waals surface area (Å²) in [6.45, 7) is 5.47. The van der Waals surface area contributed by atoms with Crippen LogP contribution >= 0.6 is 0 Å². The van der Waals surface area contributed by atoms with Gasteiger partial charge in [-0.1, -0.05) is 46.0 Å². The summed E-state index contributed by atoms with van der Waals surface area (Å²) in [4.78, 5) is 0. The molecular formula is C11H26N2. The van der Waals surface area contributed by atoms with E-state index in [4.69, 9.17) is 0 Å². The van der Waals surface area contributed by atoms with Crippen molar-refractivity contribution in [2.24, 2.45) is 0 Å². The second kappa shape index (κ2) is 10.0. The predicted molar refractivity (Wildman–Crippen MR) is 59.9 cm³/mol. The molecule has 0 amide bonds. The van der Waals surface area contributed by atoms with E-state index in [2.05, 4.69) is 24.5 Å². The fraction of sp³-hybridized carbons (Fsp3) is 1.00. The molecule has 13 heavy (non-hydrogen) atoms. The van der Waals surface area contributed by atoms with E-state index in [-0.39, 0.29) is 0 Å². The van der Waals surface area contributed by atoms with Crippen molar-refractivity contribution >= 4 is 0 Å². The molecule has 0 spiro atoms. The maximum atomic E-state index is 3.41. The van der Waals surface area contributed by atoms with Gasteiger partial charge in [-0.2, -0.15) is 0 Å². The summed E-state index contributed by atoms with van der Waals surface area (Å²) < 4.78 is 0. The van der Waals surface area contributed by atoms with Crippen LogP contribution in [0.4, 0.5) is 0 Å². The molecule has 0 aliphatic rings. The lowest BCUT2D eigenvalue weighted by Crippen LogP contribution is -2.39. The van der Waals surface area contributed by atoms with E-state index >= 15 is 0 Å². The highest BCUT2D eigenvalue weighted by Gasteiger charge is 2.01. The molecule has 0 aromatic carbocycles. The Morgan fingerprint density at radius 2 is 1.69 bits per heavy atom. The second-order valence-electron chi connectivity index (χ2n) is 3.60. The van der Waals surface area contributed by atoms with Crippen LogP contribution < -0.4 is 10.6 Å². The minimum Gasteiger partial charge on any atom is -0.305 e. The second-order valence-corrected chi connectivity index (χ2v) is 3.60. The first-order valence-electron chi connectivity index (χ1n) is 5.75. The molecule has 0 aromatic rings. The molecule has 1 atom stereocenters. The Bertz CT molecular complexity index is 94.1. The summed E-state index contributed by atoms with van der Waals surface area (Å²) in [5, 5.41) is 6.69. The zero-order chi connectivity index (χ0) is 9.94. The molecule has 2 heteroatoms. The number of hydrogen-bond donors (Lipinski definition) is 2. The monoisotopic (exact) mass is 186 g/mol. The van der Waals surface area contributed by atoms with Gasteiger partial charge in [-0.25, -0.2) is 0 Å². The Labute approximate surface area is 83.5 Å². The van der Waals surface area contributed by atoms with Gasteiger partial charge in [0.05, 0.1) is 6.17 Å².